The lowest BCUT2D eigenvalue weighted by molar-refractivity contribution is 0.318. The van der Waals surface area contributed by atoms with Crippen molar-refractivity contribution in [2.75, 3.05) is 27.9 Å². The molecule has 4 nitrogen and oxygen atoms in total. The van der Waals surface area contributed by atoms with Crippen LogP contribution in [0.1, 0.15) is 22.7 Å². The summed E-state index contributed by atoms with van der Waals surface area (Å²) in [6, 6.07) is 8.85. The molecule has 0 aromatic heterocycles. The first-order valence-electron chi connectivity index (χ1n) is 7.96. The van der Waals surface area contributed by atoms with Gasteiger partial charge in [-0.15, -0.1) is 0 Å². The van der Waals surface area contributed by atoms with Gasteiger partial charge in [-0.3, -0.25) is 0 Å². The lowest BCUT2D eigenvalue weighted by atomic mass is 9.77. The van der Waals surface area contributed by atoms with Gasteiger partial charge in [-0.2, -0.15) is 0 Å². The summed E-state index contributed by atoms with van der Waals surface area (Å²) in [5.41, 5.74) is 6.29. The largest absolute Gasteiger partial charge is 0.492 e. The van der Waals surface area contributed by atoms with Crippen molar-refractivity contribution in [1.82, 2.24) is 5.32 Å². The van der Waals surface area contributed by atoms with Crippen molar-refractivity contribution < 1.29 is 14.2 Å². The molecule has 0 saturated heterocycles. The number of hydrogen-bond acceptors (Lipinski definition) is 4. The lowest BCUT2D eigenvalue weighted by Crippen LogP contribution is -2.34. The van der Waals surface area contributed by atoms with Crippen molar-refractivity contribution in [2.45, 2.75) is 18.9 Å². The molecule has 2 aromatic rings. The zero-order chi connectivity index (χ0) is 16.0. The van der Waals surface area contributed by atoms with E-state index in [9.17, 15) is 0 Å². The SMILES string of the molecule is COc1c2c3c(c(OC)c1OC)-c1ccccc1C[C@@H]3NCC2. The van der Waals surface area contributed by atoms with E-state index in [1.165, 1.54) is 22.3 Å². The van der Waals surface area contributed by atoms with E-state index in [1.807, 2.05) is 0 Å². The van der Waals surface area contributed by atoms with E-state index >= 15 is 0 Å². The molecular weight excluding hydrogens is 290 g/mol. The van der Waals surface area contributed by atoms with Gasteiger partial charge in [0.05, 0.1) is 21.3 Å². The molecule has 1 heterocycles. The van der Waals surface area contributed by atoms with E-state index < -0.39 is 0 Å². The predicted molar refractivity (Wildman–Crippen MR) is 89.7 cm³/mol. The molecule has 0 saturated carbocycles. The molecule has 2 aromatic carbocycles. The van der Waals surface area contributed by atoms with Gasteiger partial charge in [0.15, 0.2) is 11.5 Å². The molecule has 1 N–H and O–H groups in total. The zero-order valence-electron chi connectivity index (χ0n) is 13.7. The molecule has 1 aliphatic heterocycles. The number of methoxy groups -OCH3 is 3. The number of benzene rings is 2. The third-order valence-electron chi connectivity index (χ3n) is 4.95. The van der Waals surface area contributed by atoms with E-state index in [2.05, 4.69) is 29.6 Å². The number of rotatable bonds is 3. The Labute approximate surface area is 136 Å². The Balaban J connectivity index is 2.13. The van der Waals surface area contributed by atoms with Crippen molar-refractivity contribution in [3.63, 3.8) is 0 Å². The second kappa shape index (κ2) is 5.46. The minimum absolute atomic E-state index is 0.303. The molecule has 0 fully saturated rings. The molecule has 2 aliphatic rings. The summed E-state index contributed by atoms with van der Waals surface area (Å²) in [7, 11) is 5.07. The van der Waals surface area contributed by atoms with Gasteiger partial charge < -0.3 is 19.5 Å². The normalized spacial score (nSPS) is 18.0. The van der Waals surface area contributed by atoms with Gasteiger partial charge in [0.1, 0.15) is 0 Å². The van der Waals surface area contributed by atoms with Crippen LogP contribution >= 0.6 is 0 Å². The summed E-state index contributed by atoms with van der Waals surface area (Å²) in [5, 5.41) is 3.65. The number of ether oxygens (including phenoxy) is 3. The smallest absolute Gasteiger partial charge is 0.204 e. The van der Waals surface area contributed by atoms with Crippen molar-refractivity contribution in [3.05, 3.63) is 41.0 Å². The third kappa shape index (κ3) is 1.94. The molecule has 0 amide bonds. The molecule has 1 aliphatic carbocycles. The van der Waals surface area contributed by atoms with Gasteiger partial charge in [0.2, 0.25) is 5.75 Å². The fourth-order valence-corrected chi connectivity index (χ4v) is 4.06. The maximum Gasteiger partial charge on any atom is 0.204 e. The van der Waals surface area contributed by atoms with Gasteiger partial charge in [-0.05, 0) is 36.1 Å². The number of hydrogen-bond donors (Lipinski definition) is 1. The van der Waals surface area contributed by atoms with Crippen LogP contribution in [0.2, 0.25) is 0 Å². The van der Waals surface area contributed by atoms with Gasteiger partial charge in [0, 0.05) is 17.2 Å². The predicted octanol–water partition coefficient (Wildman–Crippen LogP) is 3.12. The summed E-state index contributed by atoms with van der Waals surface area (Å²) >= 11 is 0. The van der Waals surface area contributed by atoms with Gasteiger partial charge in [-0.25, -0.2) is 0 Å². The zero-order valence-corrected chi connectivity index (χ0v) is 13.7. The Morgan fingerprint density at radius 2 is 1.70 bits per heavy atom. The molecule has 4 rings (SSSR count). The van der Waals surface area contributed by atoms with Crippen molar-refractivity contribution >= 4 is 0 Å². The third-order valence-corrected chi connectivity index (χ3v) is 4.95. The fourth-order valence-electron chi connectivity index (χ4n) is 4.06. The Kier molecular flexibility index (Phi) is 3.42. The van der Waals surface area contributed by atoms with E-state index in [-0.39, 0.29) is 0 Å². The summed E-state index contributed by atoms with van der Waals surface area (Å²) in [4.78, 5) is 0. The Hall–Kier alpha value is -2.20. The summed E-state index contributed by atoms with van der Waals surface area (Å²) in [6.07, 6.45) is 1.93. The highest BCUT2D eigenvalue weighted by atomic mass is 16.5. The summed E-state index contributed by atoms with van der Waals surface area (Å²) in [6.45, 7) is 0.950. The van der Waals surface area contributed by atoms with Crippen LogP contribution in [0.4, 0.5) is 0 Å². The quantitative estimate of drug-likeness (QED) is 0.945. The number of nitrogens with one attached hydrogen (secondary N) is 1. The van der Waals surface area contributed by atoms with E-state index in [1.54, 1.807) is 21.3 Å². The molecule has 0 radical (unpaired) electrons. The highest BCUT2D eigenvalue weighted by molar-refractivity contribution is 5.86. The van der Waals surface area contributed by atoms with E-state index in [0.717, 1.165) is 36.4 Å². The van der Waals surface area contributed by atoms with Crippen molar-refractivity contribution in [2.24, 2.45) is 0 Å². The van der Waals surface area contributed by atoms with Gasteiger partial charge in [-0.1, -0.05) is 24.3 Å². The van der Waals surface area contributed by atoms with Crippen molar-refractivity contribution in [1.29, 1.82) is 0 Å². The first-order valence-corrected chi connectivity index (χ1v) is 7.96. The Morgan fingerprint density at radius 3 is 2.43 bits per heavy atom. The first kappa shape index (κ1) is 14.4. The molecule has 120 valence electrons. The molecule has 0 unspecified atom stereocenters. The van der Waals surface area contributed by atoms with E-state index in [4.69, 9.17) is 14.2 Å². The minimum atomic E-state index is 0.303. The fraction of sp³-hybridized carbons (Fsp3) is 0.368. The minimum Gasteiger partial charge on any atom is -0.492 e. The van der Waals surface area contributed by atoms with E-state index in [0.29, 0.717) is 11.8 Å². The summed E-state index contributed by atoms with van der Waals surface area (Å²) < 4.78 is 17.1. The van der Waals surface area contributed by atoms with Crippen LogP contribution in [0, 0.1) is 0 Å². The second-order valence-electron chi connectivity index (χ2n) is 5.98. The first-order chi connectivity index (χ1) is 11.3. The molecular formula is C19H21NO3. The standard InChI is InChI=1S/C19H21NO3/c1-21-17-13-8-9-20-14-10-11-6-4-5-7-12(11)16(15(13)14)18(22-2)19(17)23-3/h4-7,14,20H,8-10H2,1-3H3/t14-/m0/s1. The number of fused-ring (bicyclic) bond motifs is 2. The molecule has 1 atom stereocenters. The Morgan fingerprint density at radius 1 is 0.957 bits per heavy atom. The highest BCUT2D eigenvalue weighted by Crippen LogP contribution is 2.55. The van der Waals surface area contributed by atoms with Crippen LogP contribution < -0.4 is 19.5 Å². The van der Waals surface area contributed by atoms with Crippen LogP contribution in [0.5, 0.6) is 17.2 Å². The van der Waals surface area contributed by atoms with Crippen LogP contribution in [0.25, 0.3) is 11.1 Å². The molecule has 23 heavy (non-hydrogen) atoms. The van der Waals surface area contributed by atoms with Crippen LogP contribution in [-0.4, -0.2) is 27.9 Å². The van der Waals surface area contributed by atoms with Gasteiger partial charge >= 0.3 is 0 Å². The second-order valence-corrected chi connectivity index (χ2v) is 5.98. The van der Waals surface area contributed by atoms with Gasteiger partial charge in [0.25, 0.3) is 0 Å². The van der Waals surface area contributed by atoms with Crippen LogP contribution in [0.15, 0.2) is 24.3 Å². The molecule has 0 spiro atoms. The maximum atomic E-state index is 5.77. The monoisotopic (exact) mass is 311 g/mol. The van der Waals surface area contributed by atoms with Crippen LogP contribution in [0.3, 0.4) is 0 Å². The lowest BCUT2D eigenvalue weighted by Gasteiger charge is -2.36. The van der Waals surface area contributed by atoms with Crippen molar-refractivity contribution in [3.8, 4) is 28.4 Å². The molecule has 4 heteroatoms. The summed E-state index contributed by atoms with van der Waals surface area (Å²) in [5.74, 6) is 2.28. The topological polar surface area (TPSA) is 39.7 Å². The Bertz CT molecular complexity index is 770. The average Bonchev–Trinajstić information content (AvgIpc) is 2.60. The van der Waals surface area contributed by atoms with Crippen LogP contribution in [-0.2, 0) is 12.8 Å². The highest BCUT2D eigenvalue weighted by Gasteiger charge is 2.36. The average molecular weight is 311 g/mol. The molecule has 0 bridgehead atoms. The maximum absolute atomic E-state index is 5.77.